The largest absolute Gasteiger partial charge is 0.444 e. The molecule has 12 heteroatoms. The highest BCUT2D eigenvalue weighted by atomic mass is 16.6. The molecular formula is C28H33N9O3. The van der Waals surface area contributed by atoms with Crippen molar-refractivity contribution in [3.63, 3.8) is 0 Å². The lowest BCUT2D eigenvalue weighted by Gasteiger charge is -2.23. The van der Waals surface area contributed by atoms with Crippen LogP contribution < -0.4 is 15.5 Å². The van der Waals surface area contributed by atoms with Crippen LogP contribution in [0.2, 0.25) is 0 Å². The number of aryl methyl sites for hydroxylation is 1. The third-order valence-corrected chi connectivity index (χ3v) is 6.04. The van der Waals surface area contributed by atoms with Gasteiger partial charge in [0, 0.05) is 43.2 Å². The number of pyridine rings is 1. The van der Waals surface area contributed by atoms with E-state index in [9.17, 15) is 4.79 Å². The first-order chi connectivity index (χ1) is 19.2. The molecule has 1 aliphatic rings. The Bertz CT molecular complexity index is 1470. The number of carbonyl (C=O) groups is 1. The quantitative estimate of drug-likeness (QED) is 0.271. The summed E-state index contributed by atoms with van der Waals surface area (Å²) in [6, 6.07) is 11.3. The smallest absolute Gasteiger partial charge is 0.407 e. The number of rotatable bonds is 8. The van der Waals surface area contributed by atoms with Gasteiger partial charge < -0.3 is 24.8 Å². The van der Waals surface area contributed by atoms with Gasteiger partial charge in [0.05, 0.1) is 17.4 Å². The fourth-order valence-corrected chi connectivity index (χ4v) is 4.36. The van der Waals surface area contributed by atoms with Crippen LogP contribution in [-0.2, 0) is 4.74 Å². The van der Waals surface area contributed by atoms with Crippen LogP contribution in [0.25, 0.3) is 17.5 Å². The molecule has 208 valence electrons. The Labute approximate surface area is 232 Å². The van der Waals surface area contributed by atoms with Crippen LogP contribution in [0.1, 0.15) is 56.8 Å². The van der Waals surface area contributed by atoms with Gasteiger partial charge in [0.1, 0.15) is 17.1 Å². The van der Waals surface area contributed by atoms with E-state index < -0.39 is 11.7 Å². The van der Waals surface area contributed by atoms with Crippen molar-refractivity contribution in [3.8, 4) is 11.4 Å². The summed E-state index contributed by atoms with van der Waals surface area (Å²) in [6.45, 7) is 8.45. The van der Waals surface area contributed by atoms with Crippen molar-refractivity contribution in [3.05, 3.63) is 65.8 Å². The van der Waals surface area contributed by atoms with E-state index in [4.69, 9.17) is 19.2 Å². The summed E-state index contributed by atoms with van der Waals surface area (Å²) in [5, 5.41) is 17.4. The molecule has 0 aliphatic carbocycles. The number of carbonyl (C=O) groups excluding carboxylic acids is 1. The zero-order chi connectivity index (χ0) is 28.1. The number of nitrogens with one attached hydrogen (secondary N) is 3. The minimum atomic E-state index is -0.561. The van der Waals surface area contributed by atoms with E-state index in [1.54, 1.807) is 6.20 Å². The van der Waals surface area contributed by atoms with Crippen molar-refractivity contribution in [2.45, 2.75) is 52.2 Å². The molecule has 4 aromatic heterocycles. The monoisotopic (exact) mass is 543 g/mol. The summed E-state index contributed by atoms with van der Waals surface area (Å²) in [7, 11) is 0. The molecule has 1 atom stereocenters. The van der Waals surface area contributed by atoms with Crippen molar-refractivity contribution in [2.24, 2.45) is 0 Å². The van der Waals surface area contributed by atoms with E-state index in [0.29, 0.717) is 29.0 Å². The van der Waals surface area contributed by atoms with E-state index >= 15 is 0 Å². The second-order valence-electron chi connectivity index (χ2n) is 10.5. The van der Waals surface area contributed by atoms with E-state index in [1.165, 1.54) is 0 Å². The summed E-state index contributed by atoms with van der Waals surface area (Å²) >= 11 is 0. The van der Waals surface area contributed by atoms with Gasteiger partial charge in [-0.2, -0.15) is 10.1 Å². The van der Waals surface area contributed by atoms with Gasteiger partial charge in [-0.05, 0) is 58.7 Å². The maximum atomic E-state index is 12.0. The fourth-order valence-electron chi connectivity index (χ4n) is 4.36. The number of amides is 1. The molecule has 1 aliphatic heterocycles. The van der Waals surface area contributed by atoms with Crippen LogP contribution in [-0.4, -0.2) is 55.1 Å². The van der Waals surface area contributed by atoms with Crippen LogP contribution in [0, 0.1) is 6.92 Å². The third-order valence-electron chi connectivity index (χ3n) is 6.04. The second kappa shape index (κ2) is 11.6. The molecule has 1 saturated heterocycles. The van der Waals surface area contributed by atoms with Gasteiger partial charge in [-0.3, -0.25) is 10.1 Å². The van der Waals surface area contributed by atoms with Crippen molar-refractivity contribution >= 4 is 29.8 Å². The minimum absolute atomic E-state index is 0.0708. The van der Waals surface area contributed by atoms with E-state index in [2.05, 4.69) is 35.9 Å². The molecule has 0 aromatic carbocycles. The second-order valence-corrected chi connectivity index (χ2v) is 10.5. The topological polar surface area (TPSA) is 147 Å². The summed E-state index contributed by atoms with van der Waals surface area (Å²) in [4.78, 5) is 28.1. The molecule has 5 heterocycles. The van der Waals surface area contributed by atoms with Crippen molar-refractivity contribution in [1.82, 2.24) is 35.6 Å². The van der Waals surface area contributed by atoms with Crippen molar-refractivity contribution < 1.29 is 14.1 Å². The maximum Gasteiger partial charge on any atom is 0.407 e. The number of alkyl carbamates (subject to hydrolysis) is 1. The Kier molecular flexibility index (Phi) is 7.76. The van der Waals surface area contributed by atoms with E-state index in [0.717, 1.165) is 36.5 Å². The number of H-pyrrole nitrogens is 1. The van der Waals surface area contributed by atoms with Crippen LogP contribution in [0.4, 0.5) is 22.4 Å². The number of hydrogen-bond donors (Lipinski definition) is 3. The number of nitrogens with zero attached hydrogens (tertiary/aromatic N) is 6. The Morgan fingerprint density at radius 3 is 2.83 bits per heavy atom. The van der Waals surface area contributed by atoms with E-state index in [-0.39, 0.29) is 12.6 Å². The molecule has 0 unspecified atom stereocenters. The third kappa shape index (κ3) is 6.82. The normalized spacial score (nSPS) is 15.5. The first-order valence-electron chi connectivity index (χ1n) is 13.2. The molecule has 0 bridgehead atoms. The van der Waals surface area contributed by atoms with Crippen LogP contribution >= 0.6 is 0 Å². The maximum absolute atomic E-state index is 12.0. The summed E-state index contributed by atoms with van der Waals surface area (Å²) in [5.41, 5.74) is 2.48. The molecule has 12 nitrogen and oxygen atoms in total. The summed E-state index contributed by atoms with van der Waals surface area (Å²) in [5.74, 6) is 2.53. The minimum Gasteiger partial charge on any atom is -0.444 e. The van der Waals surface area contributed by atoms with Crippen LogP contribution in [0.15, 0.2) is 53.2 Å². The summed E-state index contributed by atoms with van der Waals surface area (Å²) < 4.78 is 11.1. The van der Waals surface area contributed by atoms with Crippen LogP contribution in [0.3, 0.4) is 0 Å². The fraction of sp³-hybridized carbons (Fsp3) is 0.357. The van der Waals surface area contributed by atoms with Gasteiger partial charge >= 0.3 is 6.09 Å². The molecule has 1 fully saturated rings. The number of ether oxygens (including phenoxy) is 1. The first kappa shape index (κ1) is 26.9. The number of aromatic amines is 1. The molecule has 0 spiro atoms. The first-order valence-corrected chi connectivity index (χ1v) is 13.2. The zero-order valence-electron chi connectivity index (χ0n) is 23.0. The van der Waals surface area contributed by atoms with Crippen LogP contribution in [0.5, 0.6) is 0 Å². The zero-order valence-corrected chi connectivity index (χ0v) is 23.0. The van der Waals surface area contributed by atoms with Gasteiger partial charge in [-0.25, -0.2) is 9.78 Å². The number of aromatic nitrogens is 6. The highest BCUT2D eigenvalue weighted by molar-refractivity contribution is 5.68. The molecule has 3 N–H and O–H groups in total. The highest BCUT2D eigenvalue weighted by Gasteiger charge is 2.32. The molecule has 1 amide bonds. The standard InChI is InChI=1S/C28H33N9O3/c1-18-15-25(35-34-18)32-24-16-19(9-7-13-30-27(38)39-28(2,3)4)31-26(33-24)37-14-8-11-22(37)23-17-21(36-40-23)20-10-5-6-12-29-20/h5-7,9-10,12,15-17,22H,8,11,13-14H2,1-4H3,(H,30,38)(H2,31,32,33,34,35)/b9-7+/t22-/m0/s1. The van der Waals surface area contributed by atoms with Gasteiger partial charge in [0.25, 0.3) is 0 Å². The van der Waals surface area contributed by atoms with Gasteiger partial charge in [-0.15, -0.1) is 0 Å². The Balaban J connectivity index is 1.38. The number of anilines is 3. The van der Waals surface area contributed by atoms with Gasteiger partial charge in [0.2, 0.25) is 5.95 Å². The average molecular weight is 544 g/mol. The SMILES string of the molecule is Cc1cc(Nc2cc(/C=C/CNC(=O)OC(C)(C)C)nc(N3CCC[C@H]3c3cc(-c4ccccn4)no3)n2)n[nH]1. The molecule has 0 radical (unpaired) electrons. The van der Waals surface area contributed by atoms with Crippen molar-refractivity contribution in [1.29, 1.82) is 0 Å². The Morgan fingerprint density at radius 1 is 1.20 bits per heavy atom. The molecule has 0 saturated carbocycles. The number of hydrogen-bond acceptors (Lipinski definition) is 10. The van der Waals surface area contributed by atoms with Gasteiger partial charge in [0.15, 0.2) is 11.6 Å². The van der Waals surface area contributed by atoms with E-state index in [1.807, 2.05) is 76.2 Å². The Hall–Kier alpha value is -4.74. The predicted molar refractivity (Wildman–Crippen MR) is 151 cm³/mol. The lowest BCUT2D eigenvalue weighted by atomic mass is 10.1. The van der Waals surface area contributed by atoms with Crippen molar-refractivity contribution in [2.75, 3.05) is 23.3 Å². The molecule has 40 heavy (non-hydrogen) atoms. The Morgan fingerprint density at radius 2 is 2.08 bits per heavy atom. The lowest BCUT2D eigenvalue weighted by molar-refractivity contribution is 0.0534. The molecular weight excluding hydrogens is 510 g/mol. The average Bonchev–Trinajstić information content (AvgIpc) is 3.67. The lowest BCUT2D eigenvalue weighted by Crippen LogP contribution is -2.32. The summed E-state index contributed by atoms with van der Waals surface area (Å²) in [6.07, 6.45) is 6.74. The molecule has 5 rings (SSSR count). The van der Waals surface area contributed by atoms with Gasteiger partial charge in [-0.1, -0.05) is 17.3 Å². The highest BCUT2D eigenvalue weighted by Crippen LogP contribution is 2.36. The predicted octanol–water partition coefficient (Wildman–Crippen LogP) is 5.18. The molecule has 4 aromatic rings.